The fourth-order valence-corrected chi connectivity index (χ4v) is 4.56. The van der Waals surface area contributed by atoms with Gasteiger partial charge in [0.2, 0.25) is 0 Å². The lowest BCUT2D eigenvalue weighted by atomic mass is 10.1. The van der Waals surface area contributed by atoms with E-state index in [0.717, 1.165) is 16.7 Å². The van der Waals surface area contributed by atoms with Crippen molar-refractivity contribution >= 4 is 56.9 Å². The molecule has 0 unspecified atom stereocenters. The summed E-state index contributed by atoms with van der Waals surface area (Å²) >= 11 is 4.19. The van der Waals surface area contributed by atoms with Crippen molar-refractivity contribution in [3.05, 3.63) is 62.5 Å². The van der Waals surface area contributed by atoms with Crippen LogP contribution in [-0.2, 0) is 20.9 Å². The highest BCUT2D eigenvalue weighted by atomic mass is 79.9. The molecule has 1 aliphatic heterocycles. The van der Waals surface area contributed by atoms with Gasteiger partial charge >= 0.3 is 11.9 Å². The summed E-state index contributed by atoms with van der Waals surface area (Å²) in [7, 11) is 0. The van der Waals surface area contributed by atoms with E-state index in [2.05, 4.69) is 15.9 Å². The third-order valence-electron chi connectivity index (χ3n) is 4.65. The summed E-state index contributed by atoms with van der Waals surface area (Å²) in [6.45, 7) is 3.60. The van der Waals surface area contributed by atoms with Crippen molar-refractivity contribution in [2.45, 2.75) is 20.5 Å². The lowest BCUT2D eigenvalue weighted by molar-refractivity contribution is -0.145. The molecule has 0 bridgehead atoms. The highest BCUT2D eigenvalue weighted by Crippen LogP contribution is 2.39. The SMILES string of the molecule is CCOC(=O)CN1C(=O)S/C(=C/c2cc(Br)c(OCc3cccc(C(=O)O)c3)c(OCC)c2)C1=O. The summed E-state index contributed by atoms with van der Waals surface area (Å²) in [6, 6.07) is 9.77. The van der Waals surface area contributed by atoms with E-state index in [4.69, 9.17) is 14.2 Å². The molecule has 1 fully saturated rings. The van der Waals surface area contributed by atoms with E-state index < -0.39 is 29.6 Å². The number of carboxylic acids is 1. The molecule has 1 heterocycles. The summed E-state index contributed by atoms with van der Waals surface area (Å²) in [4.78, 5) is 48.8. The zero-order chi connectivity index (χ0) is 25.5. The summed E-state index contributed by atoms with van der Waals surface area (Å²) in [5, 5.41) is 8.62. The molecule has 9 nitrogen and oxygen atoms in total. The van der Waals surface area contributed by atoms with Crippen LogP contribution in [0.15, 0.2) is 45.8 Å². The minimum atomic E-state index is -1.03. The smallest absolute Gasteiger partial charge is 0.335 e. The van der Waals surface area contributed by atoms with Gasteiger partial charge in [-0.1, -0.05) is 12.1 Å². The van der Waals surface area contributed by atoms with Crippen LogP contribution in [0.1, 0.15) is 35.3 Å². The zero-order valence-electron chi connectivity index (χ0n) is 18.9. The number of halogens is 1. The van der Waals surface area contributed by atoms with Gasteiger partial charge in [-0.25, -0.2) is 4.79 Å². The number of benzene rings is 2. The predicted octanol–water partition coefficient (Wildman–Crippen LogP) is 4.72. The Hall–Kier alpha value is -3.31. The number of hydrogen-bond donors (Lipinski definition) is 1. The van der Waals surface area contributed by atoms with Crippen molar-refractivity contribution in [2.24, 2.45) is 0 Å². The number of carboxylic acid groups (broad SMARTS) is 1. The standard InChI is InChI=1S/C24H22BrNO8S/c1-3-32-18-10-15(11-19-22(28)26(24(31)35-19)12-20(27)33-4-2)9-17(25)21(18)34-13-14-6-5-7-16(8-14)23(29)30/h5-11H,3-4,12-13H2,1-2H3,(H,29,30)/b19-11+. The highest BCUT2D eigenvalue weighted by Gasteiger charge is 2.36. The molecule has 35 heavy (non-hydrogen) atoms. The van der Waals surface area contributed by atoms with Gasteiger partial charge in [0.05, 0.1) is 28.2 Å². The fraction of sp³-hybridized carbons (Fsp3) is 0.250. The number of amides is 2. The fourth-order valence-electron chi connectivity index (χ4n) is 3.15. The molecule has 0 saturated carbocycles. The molecule has 2 aromatic rings. The summed E-state index contributed by atoms with van der Waals surface area (Å²) in [5.74, 6) is -1.47. The second kappa shape index (κ2) is 11.9. The summed E-state index contributed by atoms with van der Waals surface area (Å²) in [6.07, 6.45) is 1.53. The first-order chi connectivity index (χ1) is 16.7. The Morgan fingerprint density at radius 3 is 2.57 bits per heavy atom. The van der Waals surface area contributed by atoms with E-state index in [-0.39, 0.29) is 23.7 Å². The van der Waals surface area contributed by atoms with Crippen molar-refractivity contribution in [1.29, 1.82) is 0 Å². The molecular formula is C24H22BrNO8S. The topological polar surface area (TPSA) is 119 Å². The van der Waals surface area contributed by atoms with Crippen LogP contribution in [0.3, 0.4) is 0 Å². The Labute approximate surface area is 214 Å². The third kappa shape index (κ3) is 6.64. The number of aromatic carboxylic acids is 1. The van der Waals surface area contributed by atoms with Crippen molar-refractivity contribution < 1.29 is 38.5 Å². The molecule has 0 aromatic heterocycles. The Kier molecular flexibility index (Phi) is 8.94. The number of nitrogens with zero attached hydrogens (tertiary/aromatic N) is 1. The van der Waals surface area contributed by atoms with Gasteiger partial charge in [0.25, 0.3) is 11.1 Å². The van der Waals surface area contributed by atoms with E-state index in [1.54, 1.807) is 38.1 Å². The van der Waals surface area contributed by atoms with Crippen LogP contribution in [0.25, 0.3) is 6.08 Å². The molecule has 0 spiro atoms. The van der Waals surface area contributed by atoms with Gasteiger partial charge in [0.1, 0.15) is 13.2 Å². The van der Waals surface area contributed by atoms with E-state index in [9.17, 15) is 24.3 Å². The molecule has 1 aliphatic rings. The Balaban J connectivity index is 1.82. The van der Waals surface area contributed by atoms with Gasteiger partial charge in [-0.05, 0) is 83.0 Å². The molecule has 11 heteroatoms. The largest absolute Gasteiger partial charge is 0.490 e. The van der Waals surface area contributed by atoms with Crippen LogP contribution in [0.2, 0.25) is 0 Å². The highest BCUT2D eigenvalue weighted by molar-refractivity contribution is 9.10. The van der Waals surface area contributed by atoms with Crippen molar-refractivity contribution in [2.75, 3.05) is 19.8 Å². The number of esters is 1. The predicted molar refractivity (Wildman–Crippen MR) is 132 cm³/mol. The van der Waals surface area contributed by atoms with Crippen molar-refractivity contribution in [3.63, 3.8) is 0 Å². The monoisotopic (exact) mass is 563 g/mol. The third-order valence-corrected chi connectivity index (χ3v) is 6.15. The van der Waals surface area contributed by atoms with Gasteiger partial charge in [-0.2, -0.15) is 0 Å². The quantitative estimate of drug-likeness (QED) is 0.323. The van der Waals surface area contributed by atoms with Crippen LogP contribution in [-0.4, -0.2) is 52.8 Å². The lowest BCUT2D eigenvalue weighted by Crippen LogP contribution is -2.34. The number of hydrogen-bond acceptors (Lipinski definition) is 8. The van der Waals surface area contributed by atoms with Crippen molar-refractivity contribution in [1.82, 2.24) is 4.90 Å². The normalized spacial score (nSPS) is 14.4. The van der Waals surface area contributed by atoms with Crippen LogP contribution in [0.4, 0.5) is 4.79 Å². The minimum absolute atomic E-state index is 0.103. The van der Waals surface area contributed by atoms with Crippen LogP contribution >= 0.6 is 27.7 Å². The second-order valence-electron chi connectivity index (χ2n) is 7.13. The minimum Gasteiger partial charge on any atom is -0.490 e. The second-order valence-corrected chi connectivity index (χ2v) is 8.98. The van der Waals surface area contributed by atoms with E-state index in [1.807, 2.05) is 0 Å². The molecule has 1 N–H and O–H groups in total. The molecule has 0 radical (unpaired) electrons. The first-order valence-corrected chi connectivity index (χ1v) is 12.2. The number of carbonyl (C=O) groups is 4. The first kappa shape index (κ1) is 26.3. The molecule has 3 rings (SSSR count). The van der Waals surface area contributed by atoms with Gasteiger partial charge < -0.3 is 19.3 Å². The summed E-state index contributed by atoms with van der Waals surface area (Å²) < 4.78 is 17.0. The van der Waals surface area contributed by atoms with Crippen LogP contribution < -0.4 is 9.47 Å². The van der Waals surface area contributed by atoms with Crippen molar-refractivity contribution in [3.8, 4) is 11.5 Å². The molecule has 0 atom stereocenters. The van der Waals surface area contributed by atoms with Gasteiger partial charge in [0.15, 0.2) is 11.5 Å². The maximum absolute atomic E-state index is 12.7. The van der Waals surface area contributed by atoms with Crippen LogP contribution in [0, 0.1) is 0 Å². The van der Waals surface area contributed by atoms with E-state index in [0.29, 0.717) is 33.7 Å². The average Bonchev–Trinajstić information content (AvgIpc) is 3.06. The Morgan fingerprint density at radius 1 is 1.11 bits per heavy atom. The number of imide groups is 1. The molecular weight excluding hydrogens is 542 g/mol. The summed E-state index contributed by atoms with van der Waals surface area (Å²) in [5.41, 5.74) is 1.39. The number of ether oxygens (including phenoxy) is 3. The Bertz CT molecular complexity index is 1200. The van der Waals surface area contributed by atoms with Gasteiger partial charge in [-0.3, -0.25) is 19.3 Å². The van der Waals surface area contributed by atoms with E-state index >= 15 is 0 Å². The maximum Gasteiger partial charge on any atom is 0.335 e. The molecule has 184 valence electrons. The Morgan fingerprint density at radius 2 is 1.89 bits per heavy atom. The molecule has 2 amide bonds. The number of thioether (sulfide) groups is 1. The molecule has 1 saturated heterocycles. The molecule has 0 aliphatic carbocycles. The number of rotatable bonds is 10. The average molecular weight is 564 g/mol. The van der Waals surface area contributed by atoms with E-state index in [1.165, 1.54) is 18.2 Å². The first-order valence-electron chi connectivity index (χ1n) is 10.6. The number of carbonyl (C=O) groups excluding carboxylic acids is 3. The lowest BCUT2D eigenvalue weighted by Gasteiger charge is -2.15. The maximum atomic E-state index is 12.7. The van der Waals surface area contributed by atoms with Crippen LogP contribution in [0.5, 0.6) is 11.5 Å². The van der Waals surface area contributed by atoms with Gasteiger partial charge in [-0.15, -0.1) is 0 Å². The zero-order valence-corrected chi connectivity index (χ0v) is 21.3. The van der Waals surface area contributed by atoms with Gasteiger partial charge in [0, 0.05) is 0 Å². The molecule has 2 aromatic carbocycles.